The highest BCUT2D eigenvalue weighted by molar-refractivity contribution is 7.89. The van der Waals surface area contributed by atoms with Gasteiger partial charge in [-0.2, -0.15) is 4.31 Å². The molecule has 2 aromatic rings. The molecule has 1 aromatic heterocycles. The van der Waals surface area contributed by atoms with Crippen molar-refractivity contribution in [3.8, 4) is 0 Å². The van der Waals surface area contributed by atoms with Gasteiger partial charge in [0.2, 0.25) is 15.9 Å². The van der Waals surface area contributed by atoms with E-state index in [0.29, 0.717) is 13.1 Å². The molecular formula is C18H21N3O4S. The minimum absolute atomic E-state index is 0.0373. The third-order valence-electron chi connectivity index (χ3n) is 4.45. The number of aromatic nitrogens is 1. The van der Waals surface area contributed by atoms with Crippen molar-refractivity contribution in [3.05, 3.63) is 64.6 Å². The fraction of sp³-hybridized carbons (Fsp3) is 0.333. The van der Waals surface area contributed by atoms with Gasteiger partial charge in [-0.15, -0.1) is 0 Å². The topological polar surface area (TPSA) is 79.7 Å². The molecule has 0 bridgehead atoms. The lowest BCUT2D eigenvalue weighted by Gasteiger charge is -2.34. The van der Waals surface area contributed by atoms with Crippen LogP contribution >= 0.6 is 0 Å². The lowest BCUT2D eigenvalue weighted by Crippen LogP contribution is -2.51. The maximum atomic E-state index is 12.7. The molecule has 0 N–H and O–H groups in total. The zero-order valence-corrected chi connectivity index (χ0v) is 15.4. The summed E-state index contributed by atoms with van der Waals surface area (Å²) >= 11 is 0. The third-order valence-corrected chi connectivity index (χ3v) is 6.37. The number of carbonyl (C=O) groups excluding carboxylic acids is 1. The predicted octanol–water partition coefficient (Wildman–Crippen LogP) is 0.690. The van der Waals surface area contributed by atoms with Crippen LogP contribution in [0.2, 0.25) is 0 Å². The summed E-state index contributed by atoms with van der Waals surface area (Å²) in [7, 11) is -3.55. The van der Waals surface area contributed by atoms with Gasteiger partial charge in [-0.1, -0.05) is 23.8 Å². The van der Waals surface area contributed by atoms with E-state index >= 15 is 0 Å². The quantitative estimate of drug-likeness (QED) is 0.788. The summed E-state index contributed by atoms with van der Waals surface area (Å²) in [5, 5.41) is 0. The maximum Gasteiger partial charge on any atom is 0.250 e. The van der Waals surface area contributed by atoms with Crippen molar-refractivity contribution in [2.24, 2.45) is 0 Å². The number of hydrogen-bond acceptors (Lipinski definition) is 4. The summed E-state index contributed by atoms with van der Waals surface area (Å²) in [5.74, 6) is -0.189. The monoisotopic (exact) mass is 375 g/mol. The molecule has 8 heteroatoms. The Morgan fingerprint density at radius 1 is 1.00 bits per heavy atom. The first-order valence-electron chi connectivity index (χ1n) is 8.38. The Balaban J connectivity index is 1.63. The van der Waals surface area contributed by atoms with E-state index < -0.39 is 10.0 Å². The van der Waals surface area contributed by atoms with E-state index in [2.05, 4.69) is 0 Å². The van der Waals surface area contributed by atoms with Crippen molar-refractivity contribution in [1.29, 1.82) is 0 Å². The minimum atomic E-state index is -3.55. The summed E-state index contributed by atoms with van der Waals surface area (Å²) in [6.45, 7) is 2.97. The summed E-state index contributed by atoms with van der Waals surface area (Å²) in [4.78, 5) is 25.9. The molecule has 138 valence electrons. The summed E-state index contributed by atoms with van der Waals surface area (Å²) < 4.78 is 28.1. The molecule has 0 spiro atoms. The largest absolute Gasteiger partial charge is 0.339 e. The Bertz CT molecular complexity index is 943. The van der Waals surface area contributed by atoms with E-state index in [9.17, 15) is 18.0 Å². The number of piperazine rings is 1. The van der Waals surface area contributed by atoms with E-state index in [1.807, 2.05) is 6.92 Å². The molecular weight excluding hydrogens is 354 g/mol. The minimum Gasteiger partial charge on any atom is -0.339 e. The lowest BCUT2D eigenvalue weighted by atomic mass is 10.2. The highest BCUT2D eigenvalue weighted by Gasteiger charge is 2.30. The first-order chi connectivity index (χ1) is 12.4. The molecule has 0 saturated carbocycles. The average Bonchev–Trinajstić information content (AvgIpc) is 2.64. The van der Waals surface area contributed by atoms with Crippen LogP contribution in [0.25, 0.3) is 0 Å². The SMILES string of the molecule is Cc1ccc(S(=O)(=O)N2CCN(C(=O)Cn3ccccc3=O)CC2)cc1. The van der Waals surface area contributed by atoms with Gasteiger partial charge in [0.25, 0.3) is 5.56 Å². The van der Waals surface area contributed by atoms with E-state index in [1.54, 1.807) is 47.5 Å². The number of carbonyl (C=O) groups is 1. The predicted molar refractivity (Wildman–Crippen MR) is 97.2 cm³/mol. The third kappa shape index (κ3) is 3.86. The first kappa shape index (κ1) is 18.3. The summed E-state index contributed by atoms with van der Waals surface area (Å²) in [6.07, 6.45) is 1.57. The highest BCUT2D eigenvalue weighted by atomic mass is 32.2. The molecule has 0 unspecified atom stereocenters. The van der Waals surface area contributed by atoms with E-state index in [-0.39, 0.29) is 36.0 Å². The van der Waals surface area contributed by atoms with Gasteiger partial charge in [-0.05, 0) is 25.1 Å². The Hall–Kier alpha value is -2.45. The fourth-order valence-electron chi connectivity index (χ4n) is 2.87. The van der Waals surface area contributed by atoms with Crippen molar-refractivity contribution in [2.75, 3.05) is 26.2 Å². The van der Waals surface area contributed by atoms with E-state index in [1.165, 1.54) is 14.9 Å². The van der Waals surface area contributed by atoms with Gasteiger partial charge < -0.3 is 9.47 Å². The maximum absolute atomic E-state index is 12.7. The molecule has 26 heavy (non-hydrogen) atoms. The van der Waals surface area contributed by atoms with Crippen molar-refractivity contribution in [3.63, 3.8) is 0 Å². The fourth-order valence-corrected chi connectivity index (χ4v) is 4.30. The van der Waals surface area contributed by atoms with Crippen molar-refractivity contribution in [2.45, 2.75) is 18.4 Å². The van der Waals surface area contributed by atoms with Crippen LogP contribution < -0.4 is 5.56 Å². The molecule has 2 heterocycles. The smallest absolute Gasteiger partial charge is 0.250 e. The van der Waals surface area contributed by atoms with Gasteiger partial charge in [0, 0.05) is 38.4 Å². The molecule has 0 aliphatic carbocycles. The van der Waals surface area contributed by atoms with E-state index in [0.717, 1.165) is 5.56 Å². The summed E-state index contributed by atoms with van der Waals surface area (Å²) in [5.41, 5.74) is 0.761. The Kier molecular flexibility index (Phi) is 5.24. The molecule has 1 saturated heterocycles. The Morgan fingerprint density at radius 3 is 2.27 bits per heavy atom. The molecule has 3 rings (SSSR count). The van der Waals surface area contributed by atoms with Crippen LogP contribution in [0.15, 0.2) is 58.4 Å². The first-order valence-corrected chi connectivity index (χ1v) is 9.82. The second kappa shape index (κ2) is 7.43. The van der Waals surface area contributed by atoms with Gasteiger partial charge >= 0.3 is 0 Å². The number of hydrogen-bond donors (Lipinski definition) is 0. The summed E-state index contributed by atoms with van der Waals surface area (Å²) in [6, 6.07) is 11.5. The lowest BCUT2D eigenvalue weighted by molar-refractivity contribution is -0.133. The molecule has 1 aliphatic rings. The number of pyridine rings is 1. The van der Waals surface area contributed by atoms with Crippen molar-refractivity contribution >= 4 is 15.9 Å². The Morgan fingerprint density at radius 2 is 1.65 bits per heavy atom. The van der Waals surface area contributed by atoms with Crippen LogP contribution in [0.5, 0.6) is 0 Å². The van der Waals surface area contributed by atoms with Crippen LogP contribution in [0.1, 0.15) is 5.56 Å². The van der Waals surface area contributed by atoms with Gasteiger partial charge in [0.1, 0.15) is 6.54 Å². The van der Waals surface area contributed by atoms with Crippen LogP contribution in [0.4, 0.5) is 0 Å². The second-order valence-electron chi connectivity index (χ2n) is 6.26. The Labute approximate surface area is 152 Å². The number of amides is 1. The number of aryl methyl sites for hydroxylation is 1. The van der Waals surface area contributed by atoms with Gasteiger partial charge in [0.05, 0.1) is 4.90 Å². The molecule has 0 radical (unpaired) electrons. The average molecular weight is 375 g/mol. The van der Waals surface area contributed by atoms with Crippen LogP contribution in [-0.4, -0.2) is 54.3 Å². The van der Waals surface area contributed by atoms with Gasteiger partial charge in [-0.25, -0.2) is 8.42 Å². The van der Waals surface area contributed by atoms with Crippen LogP contribution in [0.3, 0.4) is 0 Å². The number of benzene rings is 1. The van der Waals surface area contributed by atoms with Gasteiger partial charge in [-0.3, -0.25) is 9.59 Å². The van der Waals surface area contributed by atoms with Crippen molar-refractivity contribution < 1.29 is 13.2 Å². The van der Waals surface area contributed by atoms with Gasteiger partial charge in [0.15, 0.2) is 0 Å². The normalized spacial score (nSPS) is 15.8. The van der Waals surface area contributed by atoms with Crippen LogP contribution in [-0.2, 0) is 21.4 Å². The number of nitrogens with zero attached hydrogens (tertiary/aromatic N) is 3. The zero-order chi connectivity index (χ0) is 18.7. The standard InChI is InChI=1S/C18H21N3O4S/c1-15-5-7-16(8-6-15)26(24,25)21-12-10-19(11-13-21)18(23)14-20-9-3-2-4-17(20)22/h2-9H,10-14H2,1H3. The molecule has 0 atom stereocenters. The second-order valence-corrected chi connectivity index (χ2v) is 8.20. The molecule has 1 aliphatic heterocycles. The number of sulfonamides is 1. The highest BCUT2D eigenvalue weighted by Crippen LogP contribution is 2.18. The molecule has 1 aromatic carbocycles. The van der Waals surface area contributed by atoms with Crippen LogP contribution in [0, 0.1) is 6.92 Å². The number of rotatable bonds is 4. The molecule has 7 nitrogen and oxygen atoms in total. The molecule has 1 amide bonds. The van der Waals surface area contributed by atoms with Crippen molar-refractivity contribution in [1.82, 2.24) is 13.8 Å². The zero-order valence-electron chi connectivity index (χ0n) is 14.5. The van der Waals surface area contributed by atoms with E-state index in [4.69, 9.17) is 0 Å². The molecule has 1 fully saturated rings.